The number of benzene rings is 1. The lowest BCUT2D eigenvalue weighted by atomic mass is 9.79. The summed E-state index contributed by atoms with van der Waals surface area (Å²) in [4.78, 5) is 12.6. The molecule has 2 aliphatic heterocycles. The third-order valence-corrected chi connectivity index (χ3v) is 6.57. The molecule has 1 aromatic rings. The molecule has 4 atom stereocenters. The van der Waals surface area contributed by atoms with E-state index in [9.17, 15) is 4.79 Å². The maximum Gasteiger partial charge on any atom is 0.245 e. The number of carbonyl (C=O) groups excluding carboxylic acids is 1. The van der Waals surface area contributed by atoms with Crippen molar-refractivity contribution in [3.8, 4) is 0 Å². The fraction of sp³-hybridized carbons (Fsp3) is 0.650. The molecule has 0 aromatic heterocycles. The second kappa shape index (κ2) is 9.74. The van der Waals surface area contributed by atoms with Crippen LogP contribution in [-0.2, 0) is 14.3 Å². The third kappa shape index (κ3) is 5.22. The lowest BCUT2D eigenvalue weighted by Crippen LogP contribution is -2.30. The van der Waals surface area contributed by atoms with Crippen LogP contribution in [0.1, 0.15) is 32.1 Å². The van der Waals surface area contributed by atoms with Gasteiger partial charge in [-0.25, -0.2) is 5.06 Å². The Kier molecular flexibility index (Phi) is 7.37. The quantitative estimate of drug-likeness (QED) is 0.291. The lowest BCUT2D eigenvalue weighted by molar-refractivity contribution is -0.159. The zero-order chi connectivity index (χ0) is 18.4. The number of rotatable bonds is 10. The van der Waals surface area contributed by atoms with Crippen LogP contribution in [0.4, 0.5) is 0 Å². The molecule has 2 aliphatic rings. The highest BCUT2D eigenvalue weighted by atomic mass is 32.2. The van der Waals surface area contributed by atoms with Crippen LogP contribution in [0, 0.1) is 11.8 Å². The van der Waals surface area contributed by atoms with Crippen LogP contribution < -0.4 is 0 Å². The van der Waals surface area contributed by atoms with Crippen LogP contribution in [0.15, 0.2) is 35.2 Å². The summed E-state index contributed by atoms with van der Waals surface area (Å²) in [6, 6.07) is 10.6. The molecule has 2 saturated heterocycles. The van der Waals surface area contributed by atoms with Crippen LogP contribution >= 0.6 is 11.8 Å². The van der Waals surface area contributed by atoms with Crippen molar-refractivity contribution in [1.82, 2.24) is 5.06 Å². The average Bonchev–Trinajstić information content (AvgIpc) is 3.25. The molecule has 1 N–H and O–H groups in total. The minimum Gasteiger partial charge on any atom is -0.381 e. The van der Waals surface area contributed by atoms with Crippen LogP contribution in [-0.4, -0.2) is 54.4 Å². The topological polar surface area (TPSA) is 59.0 Å². The van der Waals surface area contributed by atoms with Crippen LogP contribution in [0.25, 0.3) is 0 Å². The molecule has 0 unspecified atom stereocenters. The summed E-state index contributed by atoms with van der Waals surface area (Å²) in [5.74, 6) is 2.02. The number of amides is 1. The molecule has 0 saturated carbocycles. The van der Waals surface area contributed by atoms with E-state index in [1.165, 1.54) is 24.8 Å². The molecular weight excluding hydrogens is 350 g/mol. The molecule has 5 nitrogen and oxygen atoms in total. The van der Waals surface area contributed by atoms with E-state index in [4.69, 9.17) is 14.7 Å². The first-order valence-electron chi connectivity index (χ1n) is 9.51. The first-order valence-corrected chi connectivity index (χ1v) is 10.5. The maximum atomic E-state index is 11.3. The molecular formula is C20H29NO4S. The monoisotopic (exact) mass is 379 g/mol. The SMILES string of the molecule is CN(O)C(=O)CCCOCC[C@H]1[C@@H](CSc2ccccc2)[C@H]2CC[C@@H]1O2. The van der Waals surface area contributed by atoms with Gasteiger partial charge in [-0.1, -0.05) is 18.2 Å². The van der Waals surface area contributed by atoms with Gasteiger partial charge < -0.3 is 9.47 Å². The molecule has 0 spiro atoms. The Morgan fingerprint density at radius 3 is 2.69 bits per heavy atom. The van der Waals surface area contributed by atoms with E-state index in [2.05, 4.69) is 30.3 Å². The number of ether oxygens (including phenoxy) is 2. The molecule has 144 valence electrons. The van der Waals surface area contributed by atoms with Crippen molar-refractivity contribution >= 4 is 17.7 Å². The van der Waals surface area contributed by atoms with Gasteiger partial charge in [0.2, 0.25) is 5.91 Å². The van der Waals surface area contributed by atoms with Crippen molar-refractivity contribution in [2.24, 2.45) is 11.8 Å². The second-order valence-electron chi connectivity index (χ2n) is 7.16. The highest BCUT2D eigenvalue weighted by molar-refractivity contribution is 7.99. The number of thioether (sulfide) groups is 1. The van der Waals surface area contributed by atoms with Gasteiger partial charge in [-0.2, -0.15) is 0 Å². The predicted molar refractivity (Wildman–Crippen MR) is 101 cm³/mol. The predicted octanol–water partition coefficient (Wildman–Crippen LogP) is 3.61. The van der Waals surface area contributed by atoms with E-state index in [1.54, 1.807) is 0 Å². The fourth-order valence-corrected chi connectivity index (χ4v) is 5.22. The van der Waals surface area contributed by atoms with E-state index in [1.807, 2.05) is 11.8 Å². The van der Waals surface area contributed by atoms with E-state index in [0.29, 0.717) is 55.2 Å². The Bertz CT molecular complexity index is 568. The van der Waals surface area contributed by atoms with Gasteiger partial charge in [0.25, 0.3) is 0 Å². The highest BCUT2D eigenvalue weighted by Gasteiger charge is 2.48. The molecule has 2 bridgehead atoms. The number of nitrogens with zero attached hydrogens (tertiary/aromatic N) is 1. The summed E-state index contributed by atoms with van der Waals surface area (Å²) in [6.45, 7) is 1.28. The van der Waals surface area contributed by atoms with Crippen LogP contribution in [0.3, 0.4) is 0 Å². The summed E-state index contributed by atoms with van der Waals surface area (Å²) in [5.41, 5.74) is 0. The standard InChI is InChI=1S/C20H29NO4S/c1-21(23)20(22)8-5-12-24-13-11-16-17(19-10-9-18(16)25-19)14-26-15-6-3-2-4-7-15/h2-4,6-7,16-19,23H,5,8-14H2,1H3/t16-,17+,18-,19+/m0/s1. The number of carbonyl (C=O) groups is 1. The summed E-state index contributed by atoms with van der Waals surface area (Å²) in [7, 11) is 1.35. The van der Waals surface area contributed by atoms with Gasteiger partial charge in [-0.05, 0) is 49.7 Å². The van der Waals surface area contributed by atoms with Gasteiger partial charge in [0.1, 0.15) is 0 Å². The molecule has 1 amide bonds. The molecule has 6 heteroatoms. The summed E-state index contributed by atoms with van der Waals surface area (Å²) < 4.78 is 11.9. The van der Waals surface area contributed by atoms with Gasteiger partial charge in [-0.15, -0.1) is 11.8 Å². The Hall–Kier alpha value is -1.08. The molecule has 26 heavy (non-hydrogen) atoms. The van der Waals surface area contributed by atoms with E-state index >= 15 is 0 Å². The molecule has 3 rings (SSSR count). The molecule has 0 aliphatic carbocycles. The Labute approximate surface area is 160 Å². The average molecular weight is 380 g/mol. The first kappa shape index (κ1) is 19.7. The largest absolute Gasteiger partial charge is 0.381 e. The Morgan fingerprint density at radius 2 is 1.96 bits per heavy atom. The summed E-state index contributed by atoms with van der Waals surface area (Å²) in [5, 5.41) is 9.66. The number of hydrogen-bond acceptors (Lipinski definition) is 5. The van der Waals surface area contributed by atoms with Gasteiger partial charge >= 0.3 is 0 Å². The third-order valence-electron chi connectivity index (χ3n) is 5.41. The fourth-order valence-electron chi connectivity index (χ4n) is 4.02. The molecule has 0 radical (unpaired) electrons. The van der Waals surface area contributed by atoms with Crippen molar-refractivity contribution in [3.05, 3.63) is 30.3 Å². The lowest BCUT2D eigenvalue weighted by Gasteiger charge is -2.27. The zero-order valence-electron chi connectivity index (χ0n) is 15.4. The van der Waals surface area contributed by atoms with Crippen molar-refractivity contribution in [1.29, 1.82) is 0 Å². The Morgan fingerprint density at radius 1 is 1.23 bits per heavy atom. The zero-order valence-corrected chi connectivity index (χ0v) is 16.2. The van der Waals surface area contributed by atoms with Gasteiger partial charge in [-0.3, -0.25) is 10.0 Å². The minimum absolute atomic E-state index is 0.270. The minimum atomic E-state index is -0.270. The van der Waals surface area contributed by atoms with Crippen molar-refractivity contribution in [3.63, 3.8) is 0 Å². The molecule has 1 aromatic carbocycles. The number of hydroxylamine groups is 2. The number of hydrogen-bond donors (Lipinski definition) is 1. The second-order valence-corrected chi connectivity index (χ2v) is 8.26. The molecule has 2 heterocycles. The normalized spacial score (nSPS) is 27.0. The van der Waals surface area contributed by atoms with Crippen LogP contribution in [0.2, 0.25) is 0 Å². The Balaban J connectivity index is 1.38. The molecule has 2 fully saturated rings. The smallest absolute Gasteiger partial charge is 0.245 e. The maximum absolute atomic E-state index is 11.3. The van der Waals surface area contributed by atoms with E-state index in [0.717, 1.165) is 12.2 Å². The van der Waals surface area contributed by atoms with Crippen LogP contribution in [0.5, 0.6) is 0 Å². The van der Waals surface area contributed by atoms with Gasteiger partial charge in [0.05, 0.1) is 12.2 Å². The van der Waals surface area contributed by atoms with Crippen molar-refractivity contribution in [2.75, 3.05) is 26.0 Å². The summed E-state index contributed by atoms with van der Waals surface area (Å²) in [6.07, 6.45) is 5.17. The van der Waals surface area contributed by atoms with E-state index < -0.39 is 0 Å². The van der Waals surface area contributed by atoms with Gasteiger partial charge in [0.15, 0.2) is 0 Å². The first-order chi connectivity index (χ1) is 12.6. The van der Waals surface area contributed by atoms with Crippen molar-refractivity contribution in [2.45, 2.75) is 49.2 Å². The summed E-state index contributed by atoms with van der Waals surface area (Å²) >= 11 is 1.93. The highest BCUT2D eigenvalue weighted by Crippen LogP contribution is 2.46. The van der Waals surface area contributed by atoms with Gasteiger partial charge in [0, 0.05) is 37.3 Å². The number of fused-ring (bicyclic) bond motifs is 2. The van der Waals surface area contributed by atoms with Crippen molar-refractivity contribution < 1.29 is 19.5 Å². The van der Waals surface area contributed by atoms with E-state index in [-0.39, 0.29) is 5.91 Å².